The molecule has 3 aromatic rings. The van der Waals surface area contributed by atoms with Gasteiger partial charge in [-0.3, -0.25) is 4.79 Å². The lowest BCUT2D eigenvalue weighted by atomic mass is 9.79. The highest BCUT2D eigenvalue weighted by Gasteiger charge is 2.27. The fourth-order valence-corrected chi connectivity index (χ4v) is 3.07. The predicted molar refractivity (Wildman–Crippen MR) is 104 cm³/mol. The van der Waals surface area contributed by atoms with E-state index >= 15 is 0 Å². The summed E-state index contributed by atoms with van der Waals surface area (Å²) < 4.78 is 39.0. The van der Waals surface area contributed by atoms with Gasteiger partial charge in [-0.05, 0) is 40.9 Å². The van der Waals surface area contributed by atoms with Crippen LogP contribution in [0.4, 0.5) is 14.5 Å². The van der Waals surface area contributed by atoms with E-state index in [9.17, 15) is 18.6 Å². The summed E-state index contributed by atoms with van der Waals surface area (Å²) >= 11 is 0. The molecule has 0 unspecified atom stereocenters. The quantitative estimate of drug-likeness (QED) is 0.652. The molecule has 0 fully saturated rings. The first-order valence-electron chi connectivity index (χ1n) is 8.91. The minimum Gasteiger partial charge on any atom is -0.483 e. The van der Waals surface area contributed by atoms with Crippen molar-refractivity contribution in [3.63, 3.8) is 0 Å². The van der Waals surface area contributed by atoms with E-state index in [1.807, 2.05) is 6.07 Å². The molecule has 1 aliphatic heterocycles. The van der Waals surface area contributed by atoms with Gasteiger partial charge in [-0.15, -0.1) is 0 Å². The molecule has 0 radical (unpaired) electrons. The maximum Gasteiger partial charge on any atom is 0.491 e. The van der Waals surface area contributed by atoms with Crippen LogP contribution in [-0.4, -0.2) is 18.0 Å². The third-order valence-corrected chi connectivity index (χ3v) is 4.55. The van der Waals surface area contributed by atoms with Crippen LogP contribution in [0.3, 0.4) is 0 Å². The zero-order chi connectivity index (χ0) is 20.4. The van der Waals surface area contributed by atoms with Gasteiger partial charge in [0.2, 0.25) is 0 Å². The Morgan fingerprint density at radius 1 is 1.10 bits per heavy atom. The van der Waals surface area contributed by atoms with E-state index in [0.29, 0.717) is 11.2 Å². The summed E-state index contributed by atoms with van der Waals surface area (Å²) in [6.07, 6.45) is 0. The third-order valence-electron chi connectivity index (χ3n) is 4.55. The van der Waals surface area contributed by atoms with E-state index in [0.717, 1.165) is 23.3 Å². The second-order valence-corrected chi connectivity index (χ2v) is 6.57. The average Bonchev–Trinajstić information content (AvgIpc) is 3.08. The molecule has 1 aliphatic rings. The largest absolute Gasteiger partial charge is 0.491 e. The van der Waals surface area contributed by atoms with Gasteiger partial charge in [0.05, 0.1) is 6.61 Å². The van der Waals surface area contributed by atoms with Crippen molar-refractivity contribution >= 4 is 24.2 Å². The summed E-state index contributed by atoms with van der Waals surface area (Å²) in [5, 5.41) is 12.2. The molecule has 0 atom stereocenters. The third kappa shape index (κ3) is 4.13. The number of benzene rings is 3. The second kappa shape index (κ2) is 8.02. The van der Waals surface area contributed by atoms with Crippen molar-refractivity contribution in [1.82, 2.24) is 0 Å². The number of rotatable bonds is 5. The van der Waals surface area contributed by atoms with E-state index in [1.54, 1.807) is 42.5 Å². The molecule has 0 bridgehead atoms. The van der Waals surface area contributed by atoms with Gasteiger partial charge in [-0.1, -0.05) is 36.4 Å². The van der Waals surface area contributed by atoms with Crippen molar-refractivity contribution < 1.29 is 28.0 Å². The highest BCUT2D eigenvalue weighted by molar-refractivity contribution is 6.61. The van der Waals surface area contributed by atoms with Crippen LogP contribution in [0.1, 0.15) is 21.5 Å². The first-order chi connectivity index (χ1) is 14.0. The molecule has 1 amide bonds. The number of halogens is 2. The number of carbonyl (C=O) groups excluding carboxylic acids is 1. The van der Waals surface area contributed by atoms with Crippen LogP contribution in [0, 0.1) is 11.6 Å². The molecule has 4 rings (SSSR count). The number of fused-ring (bicyclic) bond motifs is 1. The molecule has 0 spiro atoms. The van der Waals surface area contributed by atoms with Crippen molar-refractivity contribution in [1.29, 1.82) is 0 Å². The van der Waals surface area contributed by atoms with E-state index in [1.165, 1.54) is 0 Å². The molecular weight excluding hydrogens is 379 g/mol. The minimum atomic E-state index is -0.985. The van der Waals surface area contributed by atoms with Crippen LogP contribution in [0.2, 0.25) is 0 Å². The minimum absolute atomic E-state index is 0.00324. The normalized spacial score (nSPS) is 12.6. The van der Waals surface area contributed by atoms with Gasteiger partial charge in [0.25, 0.3) is 5.91 Å². The number of hydrogen-bond acceptors (Lipinski definition) is 4. The van der Waals surface area contributed by atoms with Crippen LogP contribution in [-0.2, 0) is 17.9 Å². The maximum absolute atomic E-state index is 14.3. The zero-order valence-electron chi connectivity index (χ0n) is 15.2. The van der Waals surface area contributed by atoms with Gasteiger partial charge < -0.3 is 19.7 Å². The lowest BCUT2D eigenvalue weighted by molar-refractivity contribution is 0.102. The first-order valence-corrected chi connectivity index (χ1v) is 8.91. The van der Waals surface area contributed by atoms with Crippen molar-refractivity contribution in [3.05, 3.63) is 89.0 Å². The van der Waals surface area contributed by atoms with Crippen LogP contribution in [0.5, 0.6) is 5.75 Å². The number of ether oxygens (including phenoxy) is 1. The Bertz CT molecular complexity index is 1040. The summed E-state index contributed by atoms with van der Waals surface area (Å²) in [7, 11) is -0.985. The standard InChI is InChI=1S/C21H16BF2NO4/c23-18-9-14(10-19(24)20(18)28-11-13-4-2-1-3-5-13)21(26)25-16-6-7-17-15(8-16)12-29-22(17)27/h1-10,27H,11-12H2,(H,25,26). The monoisotopic (exact) mass is 395 g/mol. The van der Waals surface area contributed by atoms with Crippen LogP contribution in [0.25, 0.3) is 0 Å². The molecule has 3 aromatic carbocycles. The second-order valence-electron chi connectivity index (χ2n) is 6.57. The topological polar surface area (TPSA) is 67.8 Å². The van der Waals surface area contributed by atoms with Crippen molar-refractivity contribution in [2.24, 2.45) is 0 Å². The van der Waals surface area contributed by atoms with Crippen molar-refractivity contribution in [3.8, 4) is 5.75 Å². The molecule has 146 valence electrons. The van der Waals surface area contributed by atoms with Gasteiger partial charge in [-0.25, -0.2) is 8.78 Å². The Kier molecular flexibility index (Phi) is 5.29. The Morgan fingerprint density at radius 2 is 1.83 bits per heavy atom. The molecular formula is C21H16BF2NO4. The fourth-order valence-electron chi connectivity index (χ4n) is 3.07. The number of anilines is 1. The first kappa shape index (κ1) is 19.1. The highest BCUT2D eigenvalue weighted by atomic mass is 19.1. The number of carbonyl (C=O) groups is 1. The predicted octanol–water partition coefficient (Wildman–Crippen LogP) is 3.01. The Balaban J connectivity index is 1.48. The molecule has 29 heavy (non-hydrogen) atoms. The summed E-state index contributed by atoms with van der Waals surface area (Å²) in [5.74, 6) is -3.13. The van der Waals surface area contributed by atoms with E-state index in [-0.39, 0.29) is 18.8 Å². The fraction of sp³-hybridized carbons (Fsp3) is 0.0952. The summed E-state index contributed by atoms with van der Waals surface area (Å²) in [5.41, 5.74) is 2.37. The van der Waals surface area contributed by atoms with Crippen LogP contribution >= 0.6 is 0 Å². The SMILES string of the molecule is O=C(Nc1ccc2c(c1)COB2O)c1cc(F)c(OCc2ccccc2)c(F)c1. The number of hydrogen-bond donors (Lipinski definition) is 2. The average molecular weight is 395 g/mol. The number of amides is 1. The van der Waals surface area contributed by atoms with E-state index in [4.69, 9.17) is 9.39 Å². The lowest BCUT2D eigenvalue weighted by Crippen LogP contribution is -2.28. The van der Waals surface area contributed by atoms with Gasteiger partial charge >= 0.3 is 7.12 Å². The van der Waals surface area contributed by atoms with Crippen molar-refractivity contribution in [2.75, 3.05) is 5.32 Å². The van der Waals surface area contributed by atoms with Gasteiger partial charge in [0, 0.05) is 11.3 Å². The molecule has 0 aliphatic carbocycles. The smallest absolute Gasteiger partial charge is 0.483 e. The highest BCUT2D eigenvalue weighted by Crippen LogP contribution is 2.25. The van der Waals surface area contributed by atoms with E-state index in [2.05, 4.69) is 5.32 Å². The van der Waals surface area contributed by atoms with Gasteiger partial charge in [0.1, 0.15) is 6.61 Å². The maximum atomic E-state index is 14.3. The van der Waals surface area contributed by atoms with Crippen LogP contribution < -0.4 is 15.5 Å². The summed E-state index contributed by atoms with van der Waals surface area (Å²) in [6, 6.07) is 15.7. The molecule has 0 saturated heterocycles. The molecule has 8 heteroatoms. The summed E-state index contributed by atoms with van der Waals surface area (Å²) in [4.78, 5) is 12.4. The Labute approximate surface area is 166 Å². The molecule has 0 saturated carbocycles. The van der Waals surface area contributed by atoms with Crippen molar-refractivity contribution in [2.45, 2.75) is 13.2 Å². The molecule has 1 heterocycles. The molecule has 2 N–H and O–H groups in total. The van der Waals surface area contributed by atoms with E-state index < -0.39 is 30.4 Å². The number of nitrogens with one attached hydrogen (secondary N) is 1. The lowest BCUT2D eigenvalue weighted by Gasteiger charge is -2.11. The molecule has 5 nitrogen and oxygen atoms in total. The summed E-state index contributed by atoms with van der Waals surface area (Å²) in [6.45, 7) is 0.222. The zero-order valence-corrected chi connectivity index (χ0v) is 15.2. The van der Waals surface area contributed by atoms with Gasteiger partial charge in [0.15, 0.2) is 17.4 Å². The Morgan fingerprint density at radius 3 is 2.55 bits per heavy atom. The molecule has 0 aromatic heterocycles. The van der Waals surface area contributed by atoms with Gasteiger partial charge in [-0.2, -0.15) is 0 Å². The Hall–Kier alpha value is -3.23. The van der Waals surface area contributed by atoms with Crippen LogP contribution in [0.15, 0.2) is 60.7 Å².